The molecular weight excluding hydrogens is 262 g/mol. The molecule has 0 aliphatic heterocycles. The number of aromatic nitrogens is 2. The molecule has 3 atom stereocenters. The Morgan fingerprint density at radius 2 is 2.00 bits per heavy atom. The summed E-state index contributed by atoms with van der Waals surface area (Å²) in [6.07, 6.45) is 5.43. The normalized spacial score (nSPS) is 27.2. The number of ether oxygens (including phenoxy) is 1. The van der Waals surface area contributed by atoms with Gasteiger partial charge in [-0.25, -0.2) is 0 Å². The van der Waals surface area contributed by atoms with Gasteiger partial charge >= 0.3 is 0 Å². The predicted molar refractivity (Wildman–Crippen MR) is 83.2 cm³/mol. The molecule has 1 heterocycles. The lowest BCUT2D eigenvalue weighted by atomic mass is 9.84. The number of benzene rings is 1. The van der Waals surface area contributed by atoms with Crippen molar-refractivity contribution in [2.24, 2.45) is 11.8 Å². The van der Waals surface area contributed by atoms with Crippen molar-refractivity contribution < 1.29 is 4.74 Å². The van der Waals surface area contributed by atoms with Gasteiger partial charge in [0.2, 0.25) is 0 Å². The molecule has 21 heavy (non-hydrogen) atoms. The maximum atomic E-state index is 6.14. The second kappa shape index (κ2) is 4.79. The SMILES string of the molecule is COc1ccc(-c2c(N)n[nH]c2C2CC3CCC2C3)cc1. The highest BCUT2D eigenvalue weighted by Gasteiger charge is 2.42. The lowest BCUT2D eigenvalue weighted by molar-refractivity contribution is 0.413. The van der Waals surface area contributed by atoms with Crippen molar-refractivity contribution in [3.63, 3.8) is 0 Å². The molecule has 3 N–H and O–H groups in total. The molecule has 0 radical (unpaired) electrons. The summed E-state index contributed by atoms with van der Waals surface area (Å²) in [4.78, 5) is 0. The van der Waals surface area contributed by atoms with Gasteiger partial charge < -0.3 is 10.5 Å². The van der Waals surface area contributed by atoms with Crippen molar-refractivity contribution in [1.29, 1.82) is 0 Å². The molecule has 2 aliphatic carbocycles. The summed E-state index contributed by atoms with van der Waals surface area (Å²) in [5.74, 6) is 3.80. The Bertz CT molecular complexity index is 647. The van der Waals surface area contributed by atoms with E-state index in [0.29, 0.717) is 11.7 Å². The van der Waals surface area contributed by atoms with E-state index in [4.69, 9.17) is 10.5 Å². The highest BCUT2D eigenvalue weighted by Crippen LogP contribution is 2.54. The van der Waals surface area contributed by atoms with E-state index < -0.39 is 0 Å². The molecule has 2 aromatic rings. The number of H-pyrrole nitrogens is 1. The first-order chi connectivity index (χ1) is 10.3. The van der Waals surface area contributed by atoms with Gasteiger partial charge in [-0.1, -0.05) is 18.6 Å². The minimum atomic E-state index is 0.602. The van der Waals surface area contributed by atoms with Gasteiger partial charge in [-0.3, -0.25) is 5.10 Å². The second-order valence-electron chi connectivity index (χ2n) is 6.41. The van der Waals surface area contributed by atoms with Crippen molar-refractivity contribution in [2.75, 3.05) is 12.8 Å². The number of rotatable bonds is 3. The van der Waals surface area contributed by atoms with Gasteiger partial charge in [0.25, 0.3) is 0 Å². The van der Waals surface area contributed by atoms with Gasteiger partial charge in [0.1, 0.15) is 5.75 Å². The van der Waals surface area contributed by atoms with Gasteiger partial charge in [-0.2, -0.15) is 5.10 Å². The van der Waals surface area contributed by atoms with Crippen LogP contribution < -0.4 is 10.5 Å². The topological polar surface area (TPSA) is 63.9 Å². The molecule has 110 valence electrons. The molecular formula is C17H21N3O. The van der Waals surface area contributed by atoms with Crippen molar-refractivity contribution in [3.05, 3.63) is 30.0 Å². The number of anilines is 1. The maximum absolute atomic E-state index is 6.14. The number of hydrogen-bond donors (Lipinski definition) is 2. The molecule has 0 spiro atoms. The Labute approximate surface area is 124 Å². The number of methoxy groups -OCH3 is 1. The van der Waals surface area contributed by atoms with Gasteiger partial charge in [0, 0.05) is 17.2 Å². The largest absolute Gasteiger partial charge is 0.497 e. The van der Waals surface area contributed by atoms with Crippen molar-refractivity contribution in [2.45, 2.75) is 31.6 Å². The van der Waals surface area contributed by atoms with E-state index >= 15 is 0 Å². The Morgan fingerprint density at radius 3 is 2.62 bits per heavy atom. The van der Waals surface area contributed by atoms with E-state index in [-0.39, 0.29) is 0 Å². The highest BCUT2D eigenvalue weighted by atomic mass is 16.5. The van der Waals surface area contributed by atoms with Gasteiger partial charge in [-0.15, -0.1) is 0 Å². The van der Waals surface area contributed by atoms with E-state index in [1.54, 1.807) is 7.11 Å². The van der Waals surface area contributed by atoms with Crippen LogP contribution in [0, 0.1) is 11.8 Å². The Hall–Kier alpha value is -1.97. The fourth-order valence-electron chi connectivity index (χ4n) is 4.30. The lowest BCUT2D eigenvalue weighted by Crippen LogP contribution is -2.10. The quantitative estimate of drug-likeness (QED) is 0.905. The maximum Gasteiger partial charge on any atom is 0.153 e. The molecule has 1 aromatic carbocycles. The Morgan fingerprint density at radius 1 is 1.19 bits per heavy atom. The smallest absolute Gasteiger partial charge is 0.153 e. The number of nitrogen functional groups attached to an aromatic ring is 1. The minimum Gasteiger partial charge on any atom is -0.497 e. The number of nitrogens with one attached hydrogen (secondary N) is 1. The van der Waals surface area contributed by atoms with Gasteiger partial charge in [-0.05, 0) is 48.8 Å². The van der Waals surface area contributed by atoms with Crippen LogP contribution in [0.15, 0.2) is 24.3 Å². The molecule has 2 aliphatic rings. The number of nitrogens with two attached hydrogens (primary N) is 1. The zero-order chi connectivity index (χ0) is 14.4. The third kappa shape index (κ3) is 2.01. The van der Waals surface area contributed by atoms with Crippen LogP contribution in [0.2, 0.25) is 0 Å². The first-order valence-corrected chi connectivity index (χ1v) is 7.74. The second-order valence-corrected chi connectivity index (χ2v) is 6.41. The van der Waals surface area contributed by atoms with E-state index in [1.165, 1.54) is 31.4 Å². The van der Waals surface area contributed by atoms with Crippen LogP contribution in [-0.4, -0.2) is 17.3 Å². The van der Waals surface area contributed by atoms with E-state index in [2.05, 4.69) is 22.3 Å². The summed E-state index contributed by atoms with van der Waals surface area (Å²) in [6.45, 7) is 0. The predicted octanol–water partition coefficient (Wildman–Crippen LogP) is 3.57. The number of fused-ring (bicyclic) bond motifs is 2. The van der Waals surface area contributed by atoms with Crippen molar-refractivity contribution in [1.82, 2.24) is 10.2 Å². The Kier molecular flexibility index (Phi) is 2.91. The summed E-state index contributed by atoms with van der Waals surface area (Å²) in [6, 6.07) is 8.09. The fourth-order valence-corrected chi connectivity index (χ4v) is 4.30. The average Bonchev–Trinajstić information content (AvgIpc) is 3.22. The third-order valence-electron chi connectivity index (χ3n) is 5.31. The zero-order valence-corrected chi connectivity index (χ0v) is 12.3. The molecule has 0 saturated heterocycles. The summed E-state index contributed by atoms with van der Waals surface area (Å²) in [5.41, 5.74) is 9.59. The molecule has 0 amide bonds. The summed E-state index contributed by atoms with van der Waals surface area (Å²) in [7, 11) is 1.68. The van der Waals surface area contributed by atoms with Crippen molar-refractivity contribution in [3.8, 4) is 16.9 Å². The molecule has 1 aromatic heterocycles. The van der Waals surface area contributed by atoms with Crippen LogP contribution in [0.5, 0.6) is 5.75 Å². The van der Waals surface area contributed by atoms with Crippen LogP contribution in [0.3, 0.4) is 0 Å². The van der Waals surface area contributed by atoms with Crippen molar-refractivity contribution >= 4 is 5.82 Å². The standard InChI is InChI=1S/C17H21N3O/c1-21-13-6-4-11(5-7-13)15-16(19-20-17(15)18)14-9-10-2-3-12(14)8-10/h4-7,10,12,14H,2-3,8-9H2,1H3,(H3,18,19,20). The number of nitrogens with zero attached hydrogens (tertiary/aromatic N) is 1. The van der Waals surface area contributed by atoms with Gasteiger partial charge in [0.15, 0.2) is 5.82 Å². The summed E-state index contributed by atoms with van der Waals surface area (Å²) in [5, 5.41) is 7.51. The molecule has 2 fully saturated rings. The monoisotopic (exact) mass is 283 g/mol. The number of hydrogen-bond acceptors (Lipinski definition) is 3. The summed E-state index contributed by atoms with van der Waals surface area (Å²) >= 11 is 0. The van der Waals surface area contributed by atoms with Crippen LogP contribution in [0.4, 0.5) is 5.82 Å². The van der Waals surface area contributed by atoms with E-state index in [0.717, 1.165) is 28.7 Å². The first-order valence-electron chi connectivity index (χ1n) is 7.74. The molecule has 4 nitrogen and oxygen atoms in total. The van der Waals surface area contributed by atoms with Crippen LogP contribution >= 0.6 is 0 Å². The number of aromatic amines is 1. The third-order valence-corrected chi connectivity index (χ3v) is 5.31. The molecule has 2 saturated carbocycles. The van der Waals surface area contributed by atoms with E-state index in [9.17, 15) is 0 Å². The fraction of sp³-hybridized carbons (Fsp3) is 0.471. The minimum absolute atomic E-state index is 0.602. The lowest BCUT2D eigenvalue weighted by Gasteiger charge is -2.21. The van der Waals surface area contributed by atoms with Crippen LogP contribution in [0.25, 0.3) is 11.1 Å². The zero-order valence-electron chi connectivity index (χ0n) is 12.3. The molecule has 3 unspecified atom stereocenters. The van der Waals surface area contributed by atoms with E-state index in [1.807, 2.05) is 12.1 Å². The summed E-state index contributed by atoms with van der Waals surface area (Å²) < 4.78 is 5.23. The van der Waals surface area contributed by atoms with Gasteiger partial charge in [0.05, 0.1) is 7.11 Å². The van der Waals surface area contributed by atoms with Crippen LogP contribution in [0.1, 0.15) is 37.3 Å². The van der Waals surface area contributed by atoms with Crippen LogP contribution in [-0.2, 0) is 0 Å². The Balaban J connectivity index is 1.73. The first kappa shape index (κ1) is 12.7. The molecule has 4 heteroatoms. The highest BCUT2D eigenvalue weighted by molar-refractivity contribution is 5.77. The average molecular weight is 283 g/mol. The molecule has 2 bridgehead atoms. The molecule has 4 rings (SSSR count).